The number of amides is 2. The van der Waals surface area contributed by atoms with Crippen molar-refractivity contribution < 1.29 is 9.59 Å². The molecule has 1 aromatic rings. The van der Waals surface area contributed by atoms with Gasteiger partial charge < -0.3 is 16.0 Å². The molecule has 3 atom stereocenters. The van der Waals surface area contributed by atoms with E-state index in [4.69, 9.17) is 5.73 Å². The molecule has 1 heterocycles. The normalized spacial score (nSPS) is 25.1. The molecule has 1 aliphatic rings. The van der Waals surface area contributed by atoms with Crippen LogP contribution in [0.3, 0.4) is 0 Å². The number of rotatable bonds is 1. The van der Waals surface area contributed by atoms with Gasteiger partial charge >= 0.3 is 0 Å². The van der Waals surface area contributed by atoms with Gasteiger partial charge in [0.1, 0.15) is 0 Å². The first-order valence-corrected chi connectivity index (χ1v) is 6.80. The Bertz CT molecular complexity index is 556. The van der Waals surface area contributed by atoms with Gasteiger partial charge in [-0.1, -0.05) is 6.92 Å². The topological polar surface area (TPSA) is 75.4 Å². The molecule has 1 aromatic carbocycles. The minimum atomic E-state index is -0.180. The van der Waals surface area contributed by atoms with Gasteiger partial charge in [0.15, 0.2) is 0 Å². The number of carbonyl (C=O) groups is 2. The SMILES string of the molecule is CNC(=O)c1ccc2c(c1)[C@H](N)[C@@H](C)[C@H](C)N2C(C)=O. The zero-order valence-electron chi connectivity index (χ0n) is 12.3. The summed E-state index contributed by atoms with van der Waals surface area (Å²) in [5.41, 5.74) is 8.51. The minimum Gasteiger partial charge on any atom is -0.355 e. The highest BCUT2D eigenvalue weighted by Crippen LogP contribution is 2.39. The summed E-state index contributed by atoms with van der Waals surface area (Å²) in [5, 5.41) is 2.60. The molecule has 0 unspecified atom stereocenters. The Kier molecular flexibility index (Phi) is 3.81. The monoisotopic (exact) mass is 275 g/mol. The predicted molar refractivity (Wildman–Crippen MR) is 78.5 cm³/mol. The summed E-state index contributed by atoms with van der Waals surface area (Å²) >= 11 is 0. The summed E-state index contributed by atoms with van der Waals surface area (Å²) in [7, 11) is 1.59. The summed E-state index contributed by atoms with van der Waals surface area (Å²) in [6.45, 7) is 5.58. The Hall–Kier alpha value is -1.88. The molecule has 2 amide bonds. The van der Waals surface area contributed by atoms with Crippen molar-refractivity contribution in [2.24, 2.45) is 11.7 Å². The molecule has 0 saturated carbocycles. The van der Waals surface area contributed by atoms with E-state index in [1.54, 1.807) is 31.0 Å². The third-order valence-electron chi connectivity index (χ3n) is 4.21. The molecule has 0 saturated heterocycles. The number of benzene rings is 1. The van der Waals surface area contributed by atoms with Crippen LogP contribution in [-0.2, 0) is 4.79 Å². The second-order valence-electron chi connectivity index (χ2n) is 5.37. The van der Waals surface area contributed by atoms with Crippen molar-refractivity contribution in [3.8, 4) is 0 Å². The van der Waals surface area contributed by atoms with Crippen LogP contribution in [0.5, 0.6) is 0 Å². The van der Waals surface area contributed by atoms with E-state index in [9.17, 15) is 9.59 Å². The van der Waals surface area contributed by atoms with Crippen molar-refractivity contribution in [3.63, 3.8) is 0 Å². The number of nitrogens with one attached hydrogen (secondary N) is 1. The molecule has 20 heavy (non-hydrogen) atoms. The van der Waals surface area contributed by atoms with Crippen molar-refractivity contribution in [1.29, 1.82) is 0 Å². The lowest BCUT2D eigenvalue weighted by Crippen LogP contribution is -2.48. The van der Waals surface area contributed by atoms with Crippen LogP contribution in [-0.4, -0.2) is 24.9 Å². The van der Waals surface area contributed by atoms with Crippen molar-refractivity contribution in [1.82, 2.24) is 5.32 Å². The zero-order valence-corrected chi connectivity index (χ0v) is 12.3. The molecule has 5 heteroatoms. The number of nitrogens with two attached hydrogens (primary N) is 1. The highest BCUT2D eigenvalue weighted by molar-refractivity contribution is 5.97. The third-order valence-corrected chi connectivity index (χ3v) is 4.21. The van der Waals surface area contributed by atoms with Gasteiger partial charge in [0.05, 0.1) is 0 Å². The second-order valence-corrected chi connectivity index (χ2v) is 5.37. The standard InChI is InChI=1S/C15H21N3O2/c1-8-9(2)18(10(3)19)13-6-5-11(15(20)17-4)7-12(13)14(8)16/h5-9,14H,16H2,1-4H3,(H,17,20)/t8-,9-,14+/m0/s1. The number of hydrogen-bond acceptors (Lipinski definition) is 3. The summed E-state index contributed by atoms with van der Waals surface area (Å²) < 4.78 is 0. The van der Waals surface area contributed by atoms with E-state index in [1.807, 2.05) is 19.9 Å². The minimum absolute atomic E-state index is 0.00908. The van der Waals surface area contributed by atoms with Crippen LogP contribution in [0.2, 0.25) is 0 Å². The van der Waals surface area contributed by atoms with Crippen molar-refractivity contribution in [3.05, 3.63) is 29.3 Å². The van der Waals surface area contributed by atoms with E-state index >= 15 is 0 Å². The van der Waals surface area contributed by atoms with Gasteiger partial charge in [-0.05, 0) is 36.6 Å². The van der Waals surface area contributed by atoms with Crippen molar-refractivity contribution in [2.75, 3.05) is 11.9 Å². The lowest BCUT2D eigenvalue weighted by molar-refractivity contribution is -0.117. The van der Waals surface area contributed by atoms with Crippen LogP contribution >= 0.6 is 0 Å². The lowest BCUT2D eigenvalue weighted by atomic mass is 9.83. The van der Waals surface area contributed by atoms with Crippen LogP contribution < -0.4 is 16.0 Å². The number of fused-ring (bicyclic) bond motifs is 1. The first kappa shape index (κ1) is 14.5. The van der Waals surface area contributed by atoms with Crippen LogP contribution in [0.4, 0.5) is 5.69 Å². The maximum atomic E-state index is 11.9. The molecule has 108 valence electrons. The molecule has 0 aromatic heterocycles. The van der Waals surface area contributed by atoms with Gasteiger partial charge in [-0.25, -0.2) is 0 Å². The molecule has 0 radical (unpaired) electrons. The van der Waals surface area contributed by atoms with E-state index < -0.39 is 0 Å². The highest BCUT2D eigenvalue weighted by Gasteiger charge is 2.36. The van der Waals surface area contributed by atoms with Crippen LogP contribution in [0.1, 0.15) is 42.7 Å². The van der Waals surface area contributed by atoms with E-state index in [2.05, 4.69) is 5.32 Å². The quantitative estimate of drug-likeness (QED) is 0.814. The number of carbonyl (C=O) groups excluding carboxylic acids is 2. The Morgan fingerprint density at radius 3 is 2.50 bits per heavy atom. The number of hydrogen-bond donors (Lipinski definition) is 2. The summed E-state index contributed by atoms with van der Waals surface area (Å²) in [6.07, 6.45) is 0. The molecule has 0 spiro atoms. The van der Waals surface area contributed by atoms with Gasteiger partial charge in [-0.2, -0.15) is 0 Å². The van der Waals surface area contributed by atoms with Gasteiger partial charge in [0.2, 0.25) is 5.91 Å². The first-order chi connectivity index (χ1) is 9.38. The predicted octanol–water partition coefficient (Wildman–Crippen LogP) is 1.44. The van der Waals surface area contributed by atoms with Gasteiger partial charge in [0.25, 0.3) is 5.91 Å². The van der Waals surface area contributed by atoms with Crippen LogP contribution in [0, 0.1) is 5.92 Å². The fourth-order valence-corrected chi connectivity index (χ4v) is 2.82. The molecule has 0 aliphatic carbocycles. The molecular formula is C15H21N3O2. The van der Waals surface area contributed by atoms with E-state index in [-0.39, 0.29) is 29.8 Å². The molecule has 0 fully saturated rings. The zero-order chi connectivity index (χ0) is 15.0. The number of anilines is 1. The Balaban J connectivity index is 2.57. The fourth-order valence-electron chi connectivity index (χ4n) is 2.82. The largest absolute Gasteiger partial charge is 0.355 e. The van der Waals surface area contributed by atoms with Gasteiger partial charge in [-0.15, -0.1) is 0 Å². The fraction of sp³-hybridized carbons (Fsp3) is 0.467. The first-order valence-electron chi connectivity index (χ1n) is 6.80. The molecule has 0 bridgehead atoms. The van der Waals surface area contributed by atoms with Gasteiger partial charge in [0, 0.05) is 37.3 Å². The average molecular weight is 275 g/mol. The summed E-state index contributed by atoms with van der Waals surface area (Å²) in [6, 6.07) is 5.19. The average Bonchev–Trinajstić information content (AvgIpc) is 2.43. The maximum Gasteiger partial charge on any atom is 0.251 e. The van der Waals surface area contributed by atoms with E-state index in [1.165, 1.54) is 0 Å². The van der Waals surface area contributed by atoms with Gasteiger partial charge in [-0.3, -0.25) is 9.59 Å². The molecule has 1 aliphatic heterocycles. The maximum absolute atomic E-state index is 11.9. The van der Waals surface area contributed by atoms with Crippen molar-refractivity contribution in [2.45, 2.75) is 32.9 Å². The number of nitrogens with zero attached hydrogens (tertiary/aromatic N) is 1. The molecular weight excluding hydrogens is 254 g/mol. The second kappa shape index (κ2) is 5.25. The Labute approximate surface area is 119 Å². The summed E-state index contributed by atoms with van der Waals surface area (Å²) in [5.74, 6) is -0.0304. The van der Waals surface area contributed by atoms with E-state index in [0.717, 1.165) is 11.3 Å². The van der Waals surface area contributed by atoms with Crippen LogP contribution in [0.25, 0.3) is 0 Å². The smallest absolute Gasteiger partial charge is 0.251 e. The Morgan fingerprint density at radius 2 is 1.95 bits per heavy atom. The summed E-state index contributed by atoms with van der Waals surface area (Å²) in [4.78, 5) is 25.4. The molecule has 5 nitrogen and oxygen atoms in total. The third kappa shape index (κ3) is 2.18. The highest BCUT2D eigenvalue weighted by atomic mass is 16.2. The molecule has 3 N–H and O–H groups in total. The Morgan fingerprint density at radius 1 is 1.30 bits per heavy atom. The van der Waals surface area contributed by atoms with Crippen LogP contribution in [0.15, 0.2) is 18.2 Å². The lowest BCUT2D eigenvalue weighted by Gasteiger charge is -2.42. The van der Waals surface area contributed by atoms with E-state index in [0.29, 0.717) is 5.56 Å². The van der Waals surface area contributed by atoms with Crippen molar-refractivity contribution >= 4 is 17.5 Å². The molecule has 2 rings (SSSR count).